The highest BCUT2D eigenvalue weighted by atomic mass is 16.2. The zero-order chi connectivity index (χ0) is 22.8. The Hall–Kier alpha value is -3.61. The number of carbonyl (C=O) groups is 3. The SMILES string of the molecule is CC(=O)Nc1ccc(C2=C(N3CCN(c4ccccc4)CC3)C(=O)N(C(C)C)C2=O)cc1. The molecule has 2 aromatic rings. The van der Waals surface area contributed by atoms with Crippen molar-refractivity contribution in [2.45, 2.75) is 26.8 Å². The number of rotatable bonds is 5. The average molecular weight is 433 g/mol. The van der Waals surface area contributed by atoms with Crippen LogP contribution in [0, 0.1) is 0 Å². The van der Waals surface area contributed by atoms with Gasteiger partial charge in [-0.15, -0.1) is 0 Å². The van der Waals surface area contributed by atoms with Crippen molar-refractivity contribution in [3.63, 3.8) is 0 Å². The lowest BCUT2D eigenvalue weighted by molar-refractivity contribution is -0.139. The number of carbonyl (C=O) groups excluding carboxylic acids is 3. The number of amides is 3. The van der Waals surface area contributed by atoms with Gasteiger partial charge < -0.3 is 15.1 Å². The summed E-state index contributed by atoms with van der Waals surface area (Å²) in [5, 5.41) is 2.73. The van der Waals surface area contributed by atoms with Gasteiger partial charge in [0.05, 0.1) is 5.57 Å². The lowest BCUT2D eigenvalue weighted by Gasteiger charge is -2.37. The zero-order valence-corrected chi connectivity index (χ0v) is 18.7. The van der Waals surface area contributed by atoms with Gasteiger partial charge in [0, 0.05) is 50.5 Å². The van der Waals surface area contributed by atoms with Gasteiger partial charge in [-0.25, -0.2) is 0 Å². The van der Waals surface area contributed by atoms with Crippen LogP contribution in [0.15, 0.2) is 60.3 Å². The minimum atomic E-state index is -0.266. The van der Waals surface area contributed by atoms with Crippen LogP contribution in [0.1, 0.15) is 26.3 Å². The molecule has 166 valence electrons. The Kier molecular flexibility index (Phi) is 5.99. The molecule has 1 N–H and O–H groups in total. The van der Waals surface area contributed by atoms with Gasteiger partial charge in [-0.1, -0.05) is 30.3 Å². The fourth-order valence-electron chi connectivity index (χ4n) is 4.31. The molecule has 3 amide bonds. The van der Waals surface area contributed by atoms with Crippen molar-refractivity contribution >= 4 is 34.7 Å². The minimum absolute atomic E-state index is 0.160. The van der Waals surface area contributed by atoms with Gasteiger partial charge in [0.2, 0.25) is 5.91 Å². The van der Waals surface area contributed by atoms with Crippen molar-refractivity contribution in [2.24, 2.45) is 0 Å². The molecule has 0 aliphatic carbocycles. The Labute approximate surface area is 188 Å². The average Bonchev–Trinajstić information content (AvgIpc) is 3.05. The number of hydrogen-bond acceptors (Lipinski definition) is 5. The first-order chi connectivity index (χ1) is 15.4. The van der Waals surface area contributed by atoms with Crippen molar-refractivity contribution in [1.29, 1.82) is 0 Å². The lowest BCUT2D eigenvalue weighted by atomic mass is 10.0. The second-order valence-corrected chi connectivity index (χ2v) is 8.37. The van der Waals surface area contributed by atoms with Gasteiger partial charge in [-0.2, -0.15) is 0 Å². The van der Waals surface area contributed by atoms with Crippen molar-refractivity contribution in [3.05, 3.63) is 65.9 Å². The summed E-state index contributed by atoms with van der Waals surface area (Å²) in [6, 6.07) is 17.1. The summed E-state index contributed by atoms with van der Waals surface area (Å²) in [5.41, 5.74) is 3.40. The molecular formula is C25H28N4O3. The van der Waals surface area contributed by atoms with Crippen LogP contribution in [-0.2, 0) is 14.4 Å². The molecule has 0 saturated carbocycles. The third-order valence-corrected chi connectivity index (χ3v) is 5.82. The Morgan fingerprint density at radius 1 is 0.844 bits per heavy atom. The number of nitrogens with one attached hydrogen (secondary N) is 1. The van der Waals surface area contributed by atoms with Crippen LogP contribution >= 0.6 is 0 Å². The Morgan fingerprint density at radius 3 is 2.00 bits per heavy atom. The second kappa shape index (κ2) is 8.86. The van der Waals surface area contributed by atoms with E-state index in [2.05, 4.69) is 22.3 Å². The number of anilines is 2. The highest BCUT2D eigenvalue weighted by molar-refractivity contribution is 6.35. The topological polar surface area (TPSA) is 73.0 Å². The van der Waals surface area contributed by atoms with Crippen LogP contribution in [0.3, 0.4) is 0 Å². The molecule has 32 heavy (non-hydrogen) atoms. The Balaban J connectivity index is 1.64. The molecular weight excluding hydrogens is 404 g/mol. The number of para-hydroxylation sites is 1. The summed E-state index contributed by atoms with van der Waals surface area (Å²) in [4.78, 5) is 43.6. The number of hydrogen-bond donors (Lipinski definition) is 1. The van der Waals surface area contributed by atoms with Crippen molar-refractivity contribution in [3.8, 4) is 0 Å². The standard InChI is InChI=1S/C25H28N4O3/c1-17(2)29-24(31)22(19-9-11-20(12-10-19)26-18(3)30)23(25(29)32)28-15-13-27(14-16-28)21-7-5-4-6-8-21/h4-12,17H,13-16H2,1-3H3,(H,26,30). The highest BCUT2D eigenvalue weighted by Gasteiger charge is 2.43. The fourth-order valence-corrected chi connectivity index (χ4v) is 4.31. The van der Waals surface area contributed by atoms with E-state index in [0.717, 1.165) is 18.8 Å². The van der Waals surface area contributed by atoms with Crippen molar-refractivity contribution < 1.29 is 14.4 Å². The van der Waals surface area contributed by atoms with Gasteiger partial charge in [0.1, 0.15) is 5.70 Å². The lowest BCUT2D eigenvalue weighted by Crippen LogP contribution is -2.48. The second-order valence-electron chi connectivity index (χ2n) is 8.37. The predicted octanol–water partition coefficient (Wildman–Crippen LogP) is 2.96. The highest BCUT2D eigenvalue weighted by Crippen LogP contribution is 2.34. The summed E-state index contributed by atoms with van der Waals surface area (Å²) in [5.74, 6) is -0.663. The molecule has 0 aromatic heterocycles. The summed E-state index contributed by atoms with van der Waals surface area (Å²) in [6.07, 6.45) is 0. The molecule has 7 heteroatoms. The molecule has 0 radical (unpaired) electrons. The molecule has 7 nitrogen and oxygen atoms in total. The van der Waals surface area contributed by atoms with Gasteiger partial charge in [-0.3, -0.25) is 19.3 Å². The van der Waals surface area contributed by atoms with Gasteiger partial charge in [0.15, 0.2) is 0 Å². The summed E-state index contributed by atoms with van der Waals surface area (Å²) >= 11 is 0. The molecule has 4 rings (SSSR count). The smallest absolute Gasteiger partial charge is 0.278 e. The van der Waals surface area contributed by atoms with Crippen LogP contribution in [0.2, 0.25) is 0 Å². The number of benzene rings is 2. The largest absolute Gasteiger partial charge is 0.368 e. The van der Waals surface area contributed by atoms with E-state index in [9.17, 15) is 14.4 Å². The third-order valence-electron chi connectivity index (χ3n) is 5.82. The minimum Gasteiger partial charge on any atom is -0.368 e. The first-order valence-corrected chi connectivity index (χ1v) is 10.9. The van der Waals surface area contributed by atoms with E-state index in [1.54, 1.807) is 24.3 Å². The maximum absolute atomic E-state index is 13.3. The summed E-state index contributed by atoms with van der Waals surface area (Å²) in [7, 11) is 0. The summed E-state index contributed by atoms with van der Waals surface area (Å²) in [6.45, 7) is 8.00. The van der Waals surface area contributed by atoms with Crippen LogP contribution < -0.4 is 10.2 Å². The molecule has 0 atom stereocenters. The first kappa shape index (κ1) is 21.6. The van der Waals surface area contributed by atoms with Gasteiger partial charge >= 0.3 is 0 Å². The zero-order valence-electron chi connectivity index (χ0n) is 18.7. The van der Waals surface area contributed by atoms with Crippen LogP contribution in [0.5, 0.6) is 0 Å². The maximum Gasteiger partial charge on any atom is 0.278 e. The number of piperazine rings is 1. The van der Waals surface area contributed by atoms with Crippen LogP contribution in [-0.4, -0.2) is 59.7 Å². The number of imide groups is 1. The normalized spacial score (nSPS) is 16.9. The monoisotopic (exact) mass is 432 g/mol. The molecule has 0 bridgehead atoms. The van der Waals surface area contributed by atoms with Crippen molar-refractivity contribution in [2.75, 3.05) is 36.4 Å². The van der Waals surface area contributed by atoms with E-state index in [0.29, 0.717) is 35.6 Å². The molecule has 1 fully saturated rings. The van der Waals surface area contributed by atoms with E-state index in [1.807, 2.05) is 36.9 Å². The Morgan fingerprint density at radius 2 is 1.44 bits per heavy atom. The van der Waals surface area contributed by atoms with E-state index in [1.165, 1.54) is 11.8 Å². The first-order valence-electron chi connectivity index (χ1n) is 10.9. The third kappa shape index (κ3) is 4.10. The molecule has 1 saturated heterocycles. The number of nitrogens with zero attached hydrogens (tertiary/aromatic N) is 3. The fraction of sp³-hybridized carbons (Fsp3) is 0.320. The molecule has 2 heterocycles. The molecule has 2 aromatic carbocycles. The van der Waals surface area contributed by atoms with E-state index in [-0.39, 0.29) is 23.8 Å². The molecule has 2 aliphatic rings. The summed E-state index contributed by atoms with van der Waals surface area (Å²) < 4.78 is 0. The molecule has 0 spiro atoms. The molecule has 0 unspecified atom stereocenters. The predicted molar refractivity (Wildman–Crippen MR) is 125 cm³/mol. The van der Waals surface area contributed by atoms with E-state index >= 15 is 0 Å². The quantitative estimate of drug-likeness (QED) is 0.736. The maximum atomic E-state index is 13.3. The van der Waals surface area contributed by atoms with E-state index < -0.39 is 0 Å². The van der Waals surface area contributed by atoms with Crippen LogP contribution in [0.25, 0.3) is 5.57 Å². The van der Waals surface area contributed by atoms with Gasteiger partial charge in [-0.05, 0) is 43.7 Å². The van der Waals surface area contributed by atoms with Gasteiger partial charge in [0.25, 0.3) is 11.8 Å². The van der Waals surface area contributed by atoms with E-state index in [4.69, 9.17) is 0 Å². The van der Waals surface area contributed by atoms with Crippen LogP contribution in [0.4, 0.5) is 11.4 Å². The molecule has 2 aliphatic heterocycles. The van der Waals surface area contributed by atoms with Crippen molar-refractivity contribution in [1.82, 2.24) is 9.80 Å². The Bertz CT molecular complexity index is 1050.